The number of nitrogens with one attached hydrogen (secondary N) is 1. The number of hydrogen-bond acceptors (Lipinski definition) is 3. The number of aromatic nitrogens is 1. The average Bonchev–Trinajstić information content (AvgIpc) is 2.61. The molecule has 154 valence electrons. The molecule has 0 amide bonds. The zero-order valence-corrected chi connectivity index (χ0v) is 16.7. The zero-order valence-electron chi connectivity index (χ0n) is 16.7. The van der Waals surface area contributed by atoms with Crippen LogP contribution in [0, 0.1) is 18.3 Å². The monoisotopic (exact) mass is 394 g/mol. The Balaban J connectivity index is 1.97. The first-order chi connectivity index (χ1) is 13.0. The van der Waals surface area contributed by atoms with E-state index in [1.165, 1.54) is 0 Å². The Hall–Kier alpha value is -1.82. The summed E-state index contributed by atoms with van der Waals surface area (Å²) < 4.78 is 42.2. The molecule has 1 unspecified atom stereocenters. The molecule has 1 aliphatic carbocycles. The van der Waals surface area contributed by atoms with Crippen LogP contribution in [0.25, 0.3) is 10.9 Å². The van der Waals surface area contributed by atoms with Gasteiger partial charge in [-0.25, -0.2) is 0 Å². The fraction of sp³-hybridized carbons (Fsp3) is 0.591. The van der Waals surface area contributed by atoms with Gasteiger partial charge in [-0.2, -0.15) is 13.2 Å². The van der Waals surface area contributed by atoms with Crippen LogP contribution < -0.4 is 5.32 Å². The molecule has 3 rings (SSSR count). The van der Waals surface area contributed by atoms with Gasteiger partial charge in [0.25, 0.3) is 0 Å². The number of halogens is 3. The summed E-state index contributed by atoms with van der Waals surface area (Å²) in [5, 5.41) is 13.9. The van der Waals surface area contributed by atoms with E-state index >= 15 is 0 Å². The van der Waals surface area contributed by atoms with Gasteiger partial charge in [0.05, 0.1) is 5.52 Å². The minimum absolute atomic E-state index is 0.174. The second-order valence-electron chi connectivity index (χ2n) is 8.81. The molecule has 28 heavy (non-hydrogen) atoms. The first-order valence-corrected chi connectivity index (χ1v) is 9.95. The van der Waals surface area contributed by atoms with Crippen molar-refractivity contribution in [3.8, 4) is 0 Å². The van der Waals surface area contributed by atoms with E-state index in [0.717, 1.165) is 32.1 Å². The van der Waals surface area contributed by atoms with Gasteiger partial charge < -0.3 is 10.4 Å². The Morgan fingerprint density at radius 1 is 1.11 bits per heavy atom. The zero-order chi connectivity index (χ0) is 20.6. The number of aryl methyl sites for hydroxylation is 1. The third kappa shape index (κ3) is 4.27. The lowest BCUT2D eigenvalue weighted by Gasteiger charge is -2.43. The third-order valence-corrected chi connectivity index (χ3v) is 6.08. The van der Waals surface area contributed by atoms with Crippen molar-refractivity contribution in [2.75, 3.05) is 5.32 Å². The van der Waals surface area contributed by atoms with E-state index in [-0.39, 0.29) is 11.6 Å². The summed E-state index contributed by atoms with van der Waals surface area (Å²) in [6.45, 7) is 5.42. The van der Waals surface area contributed by atoms with Crippen molar-refractivity contribution < 1.29 is 18.3 Å². The molecule has 1 heterocycles. The molecule has 1 fully saturated rings. The summed E-state index contributed by atoms with van der Waals surface area (Å²) >= 11 is 0. The van der Waals surface area contributed by atoms with Gasteiger partial charge in [-0.3, -0.25) is 4.98 Å². The molecule has 1 aromatic heterocycles. The highest BCUT2D eigenvalue weighted by Gasteiger charge is 2.57. The van der Waals surface area contributed by atoms with Crippen LogP contribution in [-0.4, -0.2) is 22.0 Å². The molecule has 1 saturated carbocycles. The maximum Gasteiger partial charge on any atom is 0.436 e. The van der Waals surface area contributed by atoms with Crippen molar-refractivity contribution in [3.05, 3.63) is 36.0 Å². The van der Waals surface area contributed by atoms with Gasteiger partial charge in [-0.1, -0.05) is 51.3 Å². The van der Waals surface area contributed by atoms with Crippen molar-refractivity contribution >= 4 is 16.6 Å². The van der Waals surface area contributed by atoms with Gasteiger partial charge in [0.1, 0.15) is 0 Å². The molecule has 0 aliphatic heterocycles. The molecule has 0 bridgehead atoms. The lowest BCUT2D eigenvalue weighted by atomic mass is 9.67. The van der Waals surface area contributed by atoms with E-state index in [1.54, 1.807) is 37.3 Å². The quantitative estimate of drug-likeness (QED) is 0.593. The lowest BCUT2D eigenvalue weighted by Crippen LogP contribution is -2.55. The second kappa shape index (κ2) is 7.54. The molecule has 3 nitrogen and oxygen atoms in total. The first-order valence-electron chi connectivity index (χ1n) is 9.95. The van der Waals surface area contributed by atoms with E-state index < -0.39 is 23.7 Å². The van der Waals surface area contributed by atoms with Gasteiger partial charge in [0, 0.05) is 23.2 Å². The summed E-state index contributed by atoms with van der Waals surface area (Å²) in [4.78, 5) is 4.37. The summed E-state index contributed by atoms with van der Waals surface area (Å²) in [5.74, 6) is 0.174. The van der Waals surface area contributed by atoms with Gasteiger partial charge in [0.2, 0.25) is 5.72 Å². The highest BCUT2D eigenvalue weighted by molar-refractivity contribution is 5.91. The first kappa shape index (κ1) is 20.9. The molecule has 2 aromatic rings. The van der Waals surface area contributed by atoms with Crippen LogP contribution in [0.1, 0.15) is 58.1 Å². The smallest absolute Gasteiger partial charge is 0.364 e. The Labute approximate surface area is 164 Å². The number of fused-ring (bicyclic) bond motifs is 1. The van der Waals surface area contributed by atoms with E-state index in [2.05, 4.69) is 10.3 Å². The summed E-state index contributed by atoms with van der Waals surface area (Å²) in [6, 6.07) is 8.58. The van der Waals surface area contributed by atoms with Crippen LogP contribution in [0.2, 0.25) is 0 Å². The van der Waals surface area contributed by atoms with E-state index in [1.807, 2.05) is 13.8 Å². The Kier molecular flexibility index (Phi) is 5.63. The number of para-hydroxylation sites is 1. The molecule has 0 spiro atoms. The number of rotatable bonds is 5. The lowest BCUT2D eigenvalue weighted by molar-refractivity contribution is -0.259. The highest BCUT2D eigenvalue weighted by atomic mass is 19.4. The fourth-order valence-corrected chi connectivity index (χ4v) is 4.54. The molecule has 1 aromatic carbocycles. The van der Waals surface area contributed by atoms with Crippen molar-refractivity contribution in [1.82, 2.24) is 4.98 Å². The van der Waals surface area contributed by atoms with Crippen molar-refractivity contribution in [1.29, 1.82) is 0 Å². The topological polar surface area (TPSA) is 45.1 Å². The number of nitrogens with zero attached hydrogens (tertiary/aromatic N) is 1. The Bertz CT molecular complexity index is 828. The van der Waals surface area contributed by atoms with Crippen LogP contribution in [0.4, 0.5) is 18.9 Å². The van der Waals surface area contributed by atoms with Crippen molar-refractivity contribution in [2.24, 2.45) is 11.3 Å². The van der Waals surface area contributed by atoms with Crippen LogP contribution in [0.5, 0.6) is 0 Å². The van der Waals surface area contributed by atoms with Gasteiger partial charge in [-0.15, -0.1) is 0 Å². The van der Waals surface area contributed by atoms with Crippen LogP contribution >= 0.6 is 0 Å². The molecule has 6 heteroatoms. The maximum atomic E-state index is 14.1. The SMILES string of the molecule is Cc1cc(NC(O)(CC(C)(C)C2CCCCC2)C(F)(F)F)c2ccccc2n1. The Morgan fingerprint density at radius 3 is 2.39 bits per heavy atom. The molecular weight excluding hydrogens is 365 g/mol. The number of anilines is 1. The van der Waals surface area contributed by atoms with Gasteiger partial charge in [-0.05, 0) is 43.2 Å². The minimum Gasteiger partial charge on any atom is -0.364 e. The van der Waals surface area contributed by atoms with Crippen LogP contribution in [0.15, 0.2) is 30.3 Å². The summed E-state index contributed by atoms with van der Waals surface area (Å²) in [6.07, 6.45) is -0.158. The predicted octanol–water partition coefficient (Wildman–Crippen LogP) is 6.20. The highest BCUT2D eigenvalue weighted by Crippen LogP contribution is 2.47. The Morgan fingerprint density at radius 2 is 1.75 bits per heavy atom. The number of benzene rings is 1. The largest absolute Gasteiger partial charge is 0.436 e. The molecule has 1 atom stereocenters. The van der Waals surface area contributed by atoms with Crippen molar-refractivity contribution in [3.63, 3.8) is 0 Å². The number of alkyl halides is 3. The molecular formula is C22H29F3N2O. The van der Waals surface area contributed by atoms with Crippen LogP contribution in [-0.2, 0) is 0 Å². The fourth-order valence-electron chi connectivity index (χ4n) is 4.54. The van der Waals surface area contributed by atoms with Crippen molar-refractivity contribution in [2.45, 2.75) is 71.2 Å². The standard InChI is InChI=1S/C22H29F3N2O/c1-15-13-19(17-11-7-8-12-18(17)26-15)27-21(28,22(23,24)25)14-20(2,3)16-9-5-4-6-10-16/h7-8,11-13,16,28H,4-6,9-10,14H2,1-3H3,(H,26,27). The second-order valence-corrected chi connectivity index (χ2v) is 8.81. The summed E-state index contributed by atoms with van der Waals surface area (Å²) in [5.41, 5.74) is -2.21. The molecule has 2 N–H and O–H groups in total. The predicted molar refractivity (Wildman–Crippen MR) is 106 cm³/mol. The third-order valence-electron chi connectivity index (χ3n) is 6.08. The average molecular weight is 394 g/mol. The molecule has 0 saturated heterocycles. The number of aliphatic hydroxyl groups is 1. The minimum atomic E-state index is -4.81. The number of hydrogen-bond donors (Lipinski definition) is 2. The van der Waals surface area contributed by atoms with Crippen LogP contribution in [0.3, 0.4) is 0 Å². The molecule has 1 aliphatic rings. The summed E-state index contributed by atoms with van der Waals surface area (Å²) in [7, 11) is 0. The van der Waals surface area contributed by atoms with E-state index in [0.29, 0.717) is 16.6 Å². The van der Waals surface area contributed by atoms with E-state index in [9.17, 15) is 18.3 Å². The maximum absolute atomic E-state index is 14.1. The van der Waals surface area contributed by atoms with Gasteiger partial charge in [0.15, 0.2) is 0 Å². The normalized spacial score (nSPS) is 18.8. The van der Waals surface area contributed by atoms with E-state index in [4.69, 9.17) is 0 Å². The van der Waals surface area contributed by atoms with Gasteiger partial charge >= 0.3 is 6.18 Å². The molecule has 0 radical (unpaired) electrons. The number of pyridine rings is 1.